The number of carbonyl (C=O) groups excluding carboxylic acids is 1. The van der Waals surface area contributed by atoms with Gasteiger partial charge in [-0.1, -0.05) is 12.1 Å². The summed E-state index contributed by atoms with van der Waals surface area (Å²) in [4.78, 5) is 16.2. The largest absolute Gasteiger partial charge is 0.495 e. The van der Waals surface area contributed by atoms with Gasteiger partial charge in [0.2, 0.25) is 0 Å². The summed E-state index contributed by atoms with van der Waals surface area (Å²) >= 11 is 0. The molecule has 0 aliphatic rings. The monoisotopic (exact) mass is 257 g/mol. The van der Waals surface area contributed by atoms with E-state index < -0.39 is 0 Å². The predicted octanol–water partition coefficient (Wildman–Crippen LogP) is 1.80. The number of nitrogens with one attached hydrogen (secondary N) is 1. The fourth-order valence-electron chi connectivity index (χ4n) is 1.67. The molecule has 3 N–H and O–H groups in total. The maximum Gasteiger partial charge on any atom is 0.255 e. The van der Waals surface area contributed by atoms with E-state index >= 15 is 0 Å². The number of hydrogen-bond donors (Lipinski definition) is 2. The Morgan fingerprint density at radius 1 is 1.37 bits per heavy atom. The van der Waals surface area contributed by atoms with E-state index in [-0.39, 0.29) is 5.91 Å². The molecule has 0 fully saturated rings. The second kappa shape index (κ2) is 5.97. The molecular formula is C14H15N3O2. The van der Waals surface area contributed by atoms with E-state index in [1.807, 2.05) is 12.1 Å². The lowest BCUT2D eigenvalue weighted by Crippen LogP contribution is -2.13. The van der Waals surface area contributed by atoms with Crippen LogP contribution in [0.4, 0.5) is 5.69 Å². The number of methoxy groups -OCH3 is 1. The first-order chi connectivity index (χ1) is 9.24. The number of pyridine rings is 1. The summed E-state index contributed by atoms with van der Waals surface area (Å²) in [6, 6.07) is 10.5. The van der Waals surface area contributed by atoms with Gasteiger partial charge in [-0.3, -0.25) is 9.78 Å². The zero-order chi connectivity index (χ0) is 13.7. The van der Waals surface area contributed by atoms with Gasteiger partial charge in [0, 0.05) is 18.3 Å². The van der Waals surface area contributed by atoms with Crippen LogP contribution in [0.3, 0.4) is 0 Å². The van der Waals surface area contributed by atoms with Gasteiger partial charge >= 0.3 is 0 Å². The minimum atomic E-state index is -0.221. The third-order valence-corrected chi connectivity index (χ3v) is 2.64. The lowest BCUT2D eigenvalue weighted by Gasteiger charge is -2.10. The second-order valence-electron chi connectivity index (χ2n) is 3.89. The Morgan fingerprint density at radius 3 is 2.89 bits per heavy atom. The van der Waals surface area contributed by atoms with Crippen molar-refractivity contribution in [2.75, 3.05) is 12.4 Å². The van der Waals surface area contributed by atoms with E-state index in [1.165, 1.54) is 0 Å². The number of hydrogen-bond acceptors (Lipinski definition) is 4. The van der Waals surface area contributed by atoms with Crippen LogP contribution in [0.25, 0.3) is 0 Å². The maximum atomic E-state index is 12.1. The Bertz CT molecular complexity index is 584. The number of anilines is 1. The molecule has 2 rings (SSSR count). The smallest absolute Gasteiger partial charge is 0.255 e. The van der Waals surface area contributed by atoms with E-state index in [4.69, 9.17) is 10.5 Å². The summed E-state index contributed by atoms with van der Waals surface area (Å²) < 4.78 is 5.18. The second-order valence-corrected chi connectivity index (χ2v) is 3.89. The van der Waals surface area contributed by atoms with Crippen LogP contribution >= 0.6 is 0 Å². The topological polar surface area (TPSA) is 77.2 Å². The molecule has 1 aromatic carbocycles. The van der Waals surface area contributed by atoms with Crippen LogP contribution in [0, 0.1) is 0 Å². The van der Waals surface area contributed by atoms with Crippen LogP contribution in [0.1, 0.15) is 16.1 Å². The lowest BCUT2D eigenvalue weighted by molar-refractivity contribution is 0.102. The van der Waals surface area contributed by atoms with Crippen LogP contribution in [-0.4, -0.2) is 18.0 Å². The van der Waals surface area contributed by atoms with Crippen molar-refractivity contribution < 1.29 is 9.53 Å². The molecule has 0 unspecified atom stereocenters. The Balaban J connectivity index is 2.20. The van der Waals surface area contributed by atoms with Crippen molar-refractivity contribution in [2.24, 2.45) is 5.73 Å². The number of nitrogens with zero attached hydrogens (tertiary/aromatic N) is 1. The predicted molar refractivity (Wildman–Crippen MR) is 73.1 cm³/mol. The van der Waals surface area contributed by atoms with Crippen LogP contribution in [-0.2, 0) is 6.54 Å². The number of ether oxygens (including phenoxy) is 1. The molecule has 0 aliphatic carbocycles. The molecule has 0 spiro atoms. The Kier molecular flexibility index (Phi) is 4.10. The van der Waals surface area contributed by atoms with Crippen molar-refractivity contribution in [3.8, 4) is 5.75 Å². The number of rotatable bonds is 4. The minimum absolute atomic E-state index is 0.221. The van der Waals surface area contributed by atoms with Gasteiger partial charge < -0.3 is 15.8 Å². The summed E-state index contributed by atoms with van der Waals surface area (Å²) in [6.45, 7) is 0.301. The molecule has 0 aliphatic heterocycles. The van der Waals surface area contributed by atoms with E-state index in [1.54, 1.807) is 37.6 Å². The molecule has 19 heavy (non-hydrogen) atoms. The van der Waals surface area contributed by atoms with E-state index in [2.05, 4.69) is 10.3 Å². The Hall–Kier alpha value is -2.40. The molecule has 0 saturated carbocycles. The summed E-state index contributed by atoms with van der Waals surface area (Å²) in [5.41, 5.74) is 7.32. The first-order valence-electron chi connectivity index (χ1n) is 5.84. The van der Waals surface area contributed by atoms with Crippen molar-refractivity contribution in [3.05, 3.63) is 53.9 Å². The van der Waals surface area contributed by atoms with Crippen molar-refractivity contribution in [1.29, 1.82) is 0 Å². The number of carbonyl (C=O) groups is 1. The Morgan fingerprint density at radius 2 is 2.16 bits per heavy atom. The number of aromatic nitrogens is 1. The van der Waals surface area contributed by atoms with Crippen LogP contribution in [0.2, 0.25) is 0 Å². The van der Waals surface area contributed by atoms with Crippen LogP contribution in [0.15, 0.2) is 42.6 Å². The van der Waals surface area contributed by atoms with Crippen molar-refractivity contribution >= 4 is 11.6 Å². The summed E-state index contributed by atoms with van der Waals surface area (Å²) in [6.07, 6.45) is 1.57. The fourth-order valence-corrected chi connectivity index (χ4v) is 1.67. The van der Waals surface area contributed by atoms with Crippen LogP contribution < -0.4 is 15.8 Å². The van der Waals surface area contributed by atoms with Crippen molar-refractivity contribution in [2.45, 2.75) is 6.54 Å². The highest BCUT2D eigenvalue weighted by Crippen LogP contribution is 2.23. The maximum absolute atomic E-state index is 12.1. The zero-order valence-electron chi connectivity index (χ0n) is 10.6. The normalized spacial score (nSPS) is 10.0. The molecule has 0 bridgehead atoms. The van der Waals surface area contributed by atoms with Crippen LogP contribution in [0.5, 0.6) is 5.75 Å². The van der Waals surface area contributed by atoms with E-state index in [9.17, 15) is 4.79 Å². The van der Waals surface area contributed by atoms with Crippen molar-refractivity contribution in [3.63, 3.8) is 0 Å². The standard InChI is InChI=1S/C14H15N3O2/c1-19-13-5-3-2-4-12(13)17-14(18)10-6-7-16-11(8-10)9-15/h2-8H,9,15H2,1H3,(H,17,18). The minimum Gasteiger partial charge on any atom is -0.495 e. The molecule has 0 atom stereocenters. The first kappa shape index (κ1) is 13.0. The molecule has 1 aromatic heterocycles. The molecule has 0 radical (unpaired) electrons. The third-order valence-electron chi connectivity index (χ3n) is 2.64. The Labute approximate surface area is 111 Å². The van der Waals surface area contributed by atoms with Gasteiger partial charge in [-0.05, 0) is 24.3 Å². The van der Waals surface area contributed by atoms with Gasteiger partial charge in [-0.2, -0.15) is 0 Å². The molecule has 5 nitrogen and oxygen atoms in total. The molecule has 1 heterocycles. The number of amides is 1. The van der Waals surface area contributed by atoms with Gasteiger partial charge in [0.15, 0.2) is 0 Å². The number of nitrogens with two attached hydrogens (primary N) is 1. The van der Waals surface area contributed by atoms with Gasteiger partial charge in [0.05, 0.1) is 18.5 Å². The fraction of sp³-hybridized carbons (Fsp3) is 0.143. The zero-order valence-corrected chi connectivity index (χ0v) is 10.6. The van der Waals surface area contributed by atoms with Gasteiger partial charge in [0.25, 0.3) is 5.91 Å². The highest BCUT2D eigenvalue weighted by atomic mass is 16.5. The molecule has 0 saturated heterocycles. The van der Waals surface area contributed by atoms with Gasteiger partial charge in [-0.15, -0.1) is 0 Å². The average molecular weight is 257 g/mol. The van der Waals surface area contributed by atoms with Crippen molar-refractivity contribution in [1.82, 2.24) is 4.98 Å². The highest BCUT2D eigenvalue weighted by Gasteiger charge is 2.09. The van der Waals surface area contributed by atoms with Gasteiger partial charge in [0.1, 0.15) is 5.75 Å². The first-order valence-corrected chi connectivity index (χ1v) is 5.84. The number of benzene rings is 1. The summed E-state index contributed by atoms with van der Waals surface area (Å²) in [5.74, 6) is 0.394. The van der Waals surface area contributed by atoms with E-state index in [0.717, 1.165) is 0 Å². The molecule has 2 aromatic rings. The highest BCUT2D eigenvalue weighted by molar-refractivity contribution is 6.05. The molecular weight excluding hydrogens is 242 g/mol. The lowest BCUT2D eigenvalue weighted by atomic mass is 10.2. The SMILES string of the molecule is COc1ccccc1NC(=O)c1ccnc(CN)c1. The quantitative estimate of drug-likeness (QED) is 0.875. The average Bonchev–Trinajstić information content (AvgIpc) is 2.47. The third kappa shape index (κ3) is 3.08. The van der Waals surface area contributed by atoms with Gasteiger partial charge in [-0.25, -0.2) is 0 Å². The molecule has 5 heteroatoms. The molecule has 1 amide bonds. The summed E-state index contributed by atoms with van der Waals surface area (Å²) in [7, 11) is 1.56. The summed E-state index contributed by atoms with van der Waals surface area (Å²) in [5, 5.41) is 2.80. The van der Waals surface area contributed by atoms with E-state index in [0.29, 0.717) is 29.2 Å². The molecule has 98 valence electrons. The number of para-hydroxylation sites is 2.